The molecule has 2 N–H and O–H groups in total. The van der Waals surface area contributed by atoms with Crippen LogP contribution >= 0.6 is 23.4 Å². The molecule has 2 nitrogen and oxygen atoms in total. The molecular weight excluding hydrogens is 302 g/mol. The summed E-state index contributed by atoms with van der Waals surface area (Å²) in [6.07, 6.45) is 1.01. The Morgan fingerprint density at radius 3 is 2.62 bits per heavy atom. The predicted octanol–water partition coefficient (Wildman–Crippen LogP) is 4.92. The van der Waals surface area contributed by atoms with Crippen molar-refractivity contribution in [1.82, 2.24) is 0 Å². The van der Waals surface area contributed by atoms with E-state index in [4.69, 9.17) is 22.1 Å². The fourth-order valence-corrected chi connectivity index (χ4v) is 3.07. The van der Waals surface area contributed by atoms with Gasteiger partial charge in [0.2, 0.25) is 0 Å². The van der Waals surface area contributed by atoms with E-state index in [0.29, 0.717) is 0 Å². The van der Waals surface area contributed by atoms with Crippen molar-refractivity contribution in [3.05, 3.63) is 59.1 Å². The molecule has 21 heavy (non-hydrogen) atoms. The molecule has 2 aromatic carbocycles. The van der Waals surface area contributed by atoms with Crippen LogP contribution in [0.15, 0.2) is 53.4 Å². The van der Waals surface area contributed by atoms with Crippen LogP contribution in [0.3, 0.4) is 0 Å². The zero-order chi connectivity index (χ0) is 15.1. The van der Waals surface area contributed by atoms with Crippen LogP contribution in [0.25, 0.3) is 0 Å². The molecule has 1 atom stereocenters. The Morgan fingerprint density at radius 2 is 1.95 bits per heavy atom. The van der Waals surface area contributed by atoms with Gasteiger partial charge >= 0.3 is 0 Å². The minimum atomic E-state index is -0.00536. The van der Waals surface area contributed by atoms with E-state index in [1.165, 1.54) is 0 Å². The van der Waals surface area contributed by atoms with Gasteiger partial charge in [0, 0.05) is 21.7 Å². The maximum atomic E-state index is 6.24. The van der Waals surface area contributed by atoms with Gasteiger partial charge in [0.25, 0.3) is 0 Å². The molecule has 1 unspecified atom stereocenters. The van der Waals surface area contributed by atoms with Crippen LogP contribution in [-0.2, 0) is 0 Å². The highest BCUT2D eigenvalue weighted by atomic mass is 35.5. The van der Waals surface area contributed by atoms with Gasteiger partial charge < -0.3 is 10.5 Å². The van der Waals surface area contributed by atoms with Gasteiger partial charge in [0.15, 0.2) is 0 Å². The molecule has 2 aromatic rings. The van der Waals surface area contributed by atoms with E-state index < -0.39 is 0 Å². The van der Waals surface area contributed by atoms with E-state index in [0.717, 1.165) is 40.0 Å². The smallest absolute Gasteiger partial charge is 0.119 e. The lowest BCUT2D eigenvalue weighted by Gasteiger charge is -2.13. The SMILES string of the molecule is CCCOc1ccc(C(N)CSc2cccc(Cl)c2)cc1. The lowest BCUT2D eigenvalue weighted by atomic mass is 10.1. The molecule has 4 heteroatoms. The van der Waals surface area contributed by atoms with E-state index >= 15 is 0 Å². The van der Waals surface area contributed by atoms with Crippen molar-refractivity contribution < 1.29 is 4.74 Å². The molecule has 0 aromatic heterocycles. The topological polar surface area (TPSA) is 35.2 Å². The Balaban J connectivity index is 1.89. The monoisotopic (exact) mass is 321 g/mol. The highest BCUT2D eigenvalue weighted by molar-refractivity contribution is 7.99. The molecule has 0 amide bonds. The normalized spacial score (nSPS) is 12.1. The summed E-state index contributed by atoms with van der Waals surface area (Å²) in [5.74, 6) is 1.71. The number of halogens is 1. The number of hydrogen-bond acceptors (Lipinski definition) is 3. The van der Waals surface area contributed by atoms with E-state index in [1.807, 2.05) is 48.5 Å². The van der Waals surface area contributed by atoms with Gasteiger partial charge in [0.1, 0.15) is 5.75 Å². The maximum Gasteiger partial charge on any atom is 0.119 e. The van der Waals surface area contributed by atoms with Crippen LogP contribution in [0.1, 0.15) is 24.9 Å². The second kappa shape index (κ2) is 8.32. The molecule has 0 saturated carbocycles. The highest BCUT2D eigenvalue weighted by Crippen LogP contribution is 2.26. The molecule has 0 spiro atoms. The third-order valence-electron chi connectivity index (χ3n) is 3.01. The number of ether oxygens (including phenoxy) is 1. The van der Waals surface area contributed by atoms with Gasteiger partial charge in [-0.2, -0.15) is 0 Å². The van der Waals surface area contributed by atoms with Crippen molar-refractivity contribution in [2.24, 2.45) is 5.73 Å². The standard InChI is InChI=1S/C17H20ClNOS/c1-2-10-20-15-8-6-13(7-9-15)17(19)12-21-16-5-3-4-14(18)11-16/h3-9,11,17H,2,10,12,19H2,1H3. The lowest BCUT2D eigenvalue weighted by molar-refractivity contribution is 0.317. The second-order valence-corrected chi connectivity index (χ2v) is 6.32. The molecule has 0 aliphatic heterocycles. The van der Waals surface area contributed by atoms with Gasteiger partial charge in [0.05, 0.1) is 6.61 Å². The van der Waals surface area contributed by atoms with Crippen LogP contribution in [0.2, 0.25) is 5.02 Å². The fourth-order valence-electron chi connectivity index (χ4n) is 1.87. The van der Waals surface area contributed by atoms with Crippen molar-refractivity contribution >= 4 is 23.4 Å². The Morgan fingerprint density at radius 1 is 1.19 bits per heavy atom. The predicted molar refractivity (Wildman–Crippen MR) is 91.3 cm³/mol. The molecule has 0 saturated heterocycles. The Labute approximate surface area is 135 Å². The van der Waals surface area contributed by atoms with Crippen molar-refractivity contribution in [3.8, 4) is 5.75 Å². The quantitative estimate of drug-likeness (QED) is 0.735. The average molecular weight is 322 g/mol. The van der Waals surface area contributed by atoms with Crippen molar-refractivity contribution in [1.29, 1.82) is 0 Å². The number of hydrogen-bond donors (Lipinski definition) is 1. The summed E-state index contributed by atoms with van der Waals surface area (Å²) < 4.78 is 5.57. The molecule has 0 radical (unpaired) electrons. The van der Waals surface area contributed by atoms with Gasteiger partial charge in [-0.05, 0) is 42.3 Å². The summed E-state index contributed by atoms with van der Waals surface area (Å²) in [7, 11) is 0. The maximum absolute atomic E-state index is 6.24. The first-order chi connectivity index (χ1) is 10.2. The molecule has 0 bridgehead atoms. The zero-order valence-corrected chi connectivity index (χ0v) is 13.7. The summed E-state index contributed by atoms with van der Waals surface area (Å²) in [5.41, 5.74) is 7.36. The molecule has 112 valence electrons. The average Bonchev–Trinajstić information content (AvgIpc) is 2.51. The van der Waals surface area contributed by atoms with Crippen LogP contribution in [0.4, 0.5) is 0 Å². The van der Waals surface area contributed by atoms with Crippen LogP contribution < -0.4 is 10.5 Å². The van der Waals surface area contributed by atoms with E-state index in [2.05, 4.69) is 6.92 Å². The Bertz CT molecular complexity index is 559. The van der Waals surface area contributed by atoms with E-state index in [9.17, 15) is 0 Å². The van der Waals surface area contributed by atoms with Gasteiger partial charge in [-0.1, -0.05) is 36.7 Å². The summed E-state index contributed by atoms with van der Waals surface area (Å²) in [6.45, 7) is 2.84. The molecule has 0 heterocycles. The minimum absolute atomic E-state index is 0.00536. The van der Waals surface area contributed by atoms with Gasteiger partial charge in [-0.3, -0.25) is 0 Å². The number of thioether (sulfide) groups is 1. The summed E-state index contributed by atoms with van der Waals surface area (Å²) in [4.78, 5) is 1.14. The molecule has 2 rings (SSSR count). The Kier molecular flexibility index (Phi) is 6.43. The van der Waals surface area contributed by atoms with Crippen LogP contribution in [0.5, 0.6) is 5.75 Å². The molecular formula is C17H20ClNOS. The third kappa shape index (κ3) is 5.27. The van der Waals surface area contributed by atoms with E-state index in [-0.39, 0.29) is 6.04 Å². The summed E-state index contributed by atoms with van der Waals surface area (Å²) in [5, 5.41) is 0.756. The third-order valence-corrected chi connectivity index (χ3v) is 4.35. The lowest BCUT2D eigenvalue weighted by Crippen LogP contribution is -2.12. The number of benzene rings is 2. The first-order valence-electron chi connectivity index (χ1n) is 7.05. The van der Waals surface area contributed by atoms with Crippen molar-refractivity contribution in [2.45, 2.75) is 24.3 Å². The molecule has 0 aliphatic rings. The van der Waals surface area contributed by atoms with Gasteiger partial charge in [-0.25, -0.2) is 0 Å². The Hall–Kier alpha value is -1.16. The van der Waals surface area contributed by atoms with Crippen LogP contribution in [0, 0.1) is 0 Å². The second-order valence-electron chi connectivity index (χ2n) is 4.79. The highest BCUT2D eigenvalue weighted by Gasteiger charge is 2.07. The minimum Gasteiger partial charge on any atom is -0.494 e. The summed E-state index contributed by atoms with van der Waals surface area (Å²) >= 11 is 7.69. The fraction of sp³-hybridized carbons (Fsp3) is 0.294. The van der Waals surface area contributed by atoms with Crippen LogP contribution in [-0.4, -0.2) is 12.4 Å². The largest absolute Gasteiger partial charge is 0.494 e. The summed E-state index contributed by atoms with van der Waals surface area (Å²) in [6, 6.07) is 15.9. The van der Waals surface area contributed by atoms with Crippen molar-refractivity contribution in [2.75, 3.05) is 12.4 Å². The first kappa shape index (κ1) is 16.2. The van der Waals surface area contributed by atoms with Gasteiger partial charge in [-0.15, -0.1) is 11.8 Å². The zero-order valence-electron chi connectivity index (χ0n) is 12.1. The molecule has 0 aliphatic carbocycles. The van der Waals surface area contributed by atoms with E-state index in [1.54, 1.807) is 11.8 Å². The molecule has 0 fully saturated rings. The number of nitrogens with two attached hydrogens (primary N) is 1. The number of rotatable bonds is 7. The first-order valence-corrected chi connectivity index (χ1v) is 8.42. The van der Waals surface area contributed by atoms with Crippen molar-refractivity contribution in [3.63, 3.8) is 0 Å².